The van der Waals surface area contributed by atoms with Gasteiger partial charge in [-0.25, -0.2) is 0 Å². The van der Waals surface area contributed by atoms with E-state index in [1.54, 1.807) is 7.05 Å². The molecule has 0 spiro atoms. The van der Waals surface area contributed by atoms with Crippen LogP contribution in [0.3, 0.4) is 0 Å². The summed E-state index contributed by atoms with van der Waals surface area (Å²) in [4.78, 5) is 4.23. The Morgan fingerprint density at radius 2 is 2.00 bits per heavy atom. The van der Waals surface area contributed by atoms with Gasteiger partial charge in [0.25, 0.3) is 0 Å². The fourth-order valence-electron chi connectivity index (χ4n) is 2.05. The summed E-state index contributed by atoms with van der Waals surface area (Å²) in [5, 5.41) is 11.1. The predicted molar refractivity (Wildman–Crippen MR) is 80.4 cm³/mol. The number of aryl methyl sites for hydroxylation is 2. The number of aliphatic imine (C=N–C) groups is 1. The third-order valence-electron chi connectivity index (χ3n) is 3.39. The molecule has 0 atom stereocenters. The van der Waals surface area contributed by atoms with Crippen molar-refractivity contribution in [3.8, 4) is 0 Å². The molecule has 108 valence electrons. The van der Waals surface area contributed by atoms with Crippen LogP contribution in [0.1, 0.15) is 43.1 Å². The molecule has 0 aliphatic carbocycles. The maximum Gasteiger partial charge on any atom is 0.191 e. The van der Waals surface area contributed by atoms with Crippen LogP contribution in [-0.2, 0) is 13.6 Å². The normalized spacial score (nSPS) is 11.7. The average Bonchev–Trinajstić information content (AvgIpc) is 2.63. The molecule has 0 aliphatic heterocycles. The zero-order valence-corrected chi connectivity index (χ0v) is 12.9. The van der Waals surface area contributed by atoms with Crippen molar-refractivity contribution >= 4 is 5.96 Å². The van der Waals surface area contributed by atoms with Crippen molar-refractivity contribution in [2.75, 3.05) is 13.6 Å². The maximum absolute atomic E-state index is 4.42. The van der Waals surface area contributed by atoms with Gasteiger partial charge in [-0.05, 0) is 20.3 Å². The minimum atomic E-state index is 0.763. The highest BCUT2D eigenvalue weighted by Gasteiger charge is 2.09. The minimum absolute atomic E-state index is 0.763. The molecule has 5 nitrogen and oxygen atoms in total. The molecule has 0 saturated carbocycles. The van der Waals surface area contributed by atoms with Gasteiger partial charge in [-0.1, -0.05) is 19.8 Å². The van der Waals surface area contributed by atoms with E-state index >= 15 is 0 Å². The number of rotatable bonds is 6. The van der Waals surface area contributed by atoms with E-state index in [9.17, 15) is 0 Å². The summed E-state index contributed by atoms with van der Waals surface area (Å²) in [7, 11) is 3.78. The third kappa shape index (κ3) is 4.58. The Labute approximate surface area is 116 Å². The highest BCUT2D eigenvalue weighted by molar-refractivity contribution is 5.79. The molecular formula is C14H27N5. The van der Waals surface area contributed by atoms with E-state index < -0.39 is 0 Å². The van der Waals surface area contributed by atoms with Crippen LogP contribution in [0.25, 0.3) is 0 Å². The van der Waals surface area contributed by atoms with Gasteiger partial charge in [-0.2, -0.15) is 5.10 Å². The lowest BCUT2D eigenvalue weighted by Crippen LogP contribution is -2.37. The van der Waals surface area contributed by atoms with Crippen molar-refractivity contribution in [2.45, 2.75) is 46.6 Å². The smallest absolute Gasteiger partial charge is 0.191 e. The Morgan fingerprint density at radius 1 is 1.26 bits per heavy atom. The van der Waals surface area contributed by atoms with Crippen LogP contribution in [0.5, 0.6) is 0 Å². The van der Waals surface area contributed by atoms with Gasteiger partial charge in [0.15, 0.2) is 5.96 Å². The molecule has 0 aliphatic rings. The fraction of sp³-hybridized carbons (Fsp3) is 0.714. The second-order valence-corrected chi connectivity index (χ2v) is 4.83. The lowest BCUT2D eigenvalue weighted by Gasteiger charge is -2.12. The van der Waals surface area contributed by atoms with E-state index in [4.69, 9.17) is 0 Å². The summed E-state index contributed by atoms with van der Waals surface area (Å²) >= 11 is 0. The predicted octanol–water partition coefficient (Wildman–Crippen LogP) is 1.89. The molecule has 2 N–H and O–H groups in total. The summed E-state index contributed by atoms with van der Waals surface area (Å²) in [6.07, 6.45) is 3.68. The van der Waals surface area contributed by atoms with Crippen LogP contribution >= 0.6 is 0 Å². The summed E-state index contributed by atoms with van der Waals surface area (Å²) < 4.78 is 1.92. The number of nitrogens with zero attached hydrogens (tertiary/aromatic N) is 3. The van der Waals surface area contributed by atoms with Crippen LogP contribution in [0.4, 0.5) is 0 Å². The monoisotopic (exact) mass is 265 g/mol. The standard InChI is InChI=1S/C14H27N5/c1-6-7-8-9-16-14(15-4)17-10-13-11(2)18-19(5)12(13)3/h6-10H2,1-5H3,(H2,15,16,17). The minimum Gasteiger partial charge on any atom is -0.356 e. The van der Waals surface area contributed by atoms with Gasteiger partial charge in [-0.15, -0.1) is 0 Å². The first-order chi connectivity index (χ1) is 9.10. The number of aromatic nitrogens is 2. The van der Waals surface area contributed by atoms with Gasteiger partial charge in [-0.3, -0.25) is 9.67 Å². The molecule has 1 aromatic heterocycles. The van der Waals surface area contributed by atoms with E-state index in [2.05, 4.69) is 34.6 Å². The molecule has 0 radical (unpaired) electrons. The molecule has 0 amide bonds. The van der Waals surface area contributed by atoms with Crippen molar-refractivity contribution in [3.05, 3.63) is 17.0 Å². The quantitative estimate of drug-likeness (QED) is 0.469. The molecule has 1 heterocycles. The van der Waals surface area contributed by atoms with Crippen LogP contribution in [0.2, 0.25) is 0 Å². The van der Waals surface area contributed by atoms with Gasteiger partial charge in [0.2, 0.25) is 0 Å². The second kappa shape index (κ2) is 7.81. The van der Waals surface area contributed by atoms with Crippen molar-refractivity contribution in [2.24, 2.45) is 12.0 Å². The summed E-state index contributed by atoms with van der Waals surface area (Å²) in [5.74, 6) is 0.860. The molecule has 0 unspecified atom stereocenters. The van der Waals surface area contributed by atoms with E-state index in [1.165, 1.54) is 30.5 Å². The zero-order chi connectivity index (χ0) is 14.3. The Balaban J connectivity index is 2.45. The Bertz CT molecular complexity index is 420. The summed E-state index contributed by atoms with van der Waals surface area (Å²) in [5.41, 5.74) is 3.53. The van der Waals surface area contributed by atoms with Gasteiger partial charge < -0.3 is 10.6 Å². The Hall–Kier alpha value is -1.52. The zero-order valence-electron chi connectivity index (χ0n) is 12.9. The van der Waals surface area contributed by atoms with Crippen LogP contribution in [0, 0.1) is 13.8 Å². The van der Waals surface area contributed by atoms with Crippen LogP contribution in [0.15, 0.2) is 4.99 Å². The molecule has 1 aromatic rings. The van der Waals surface area contributed by atoms with Crippen molar-refractivity contribution in [1.82, 2.24) is 20.4 Å². The van der Waals surface area contributed by atoms with E-state index in [-0.39, 0.29) is 0 Å². The van der Waals surface area contributed by atoms with E-state index in [0.717, 1.165) is 24.7 Å². The molecule has 0 aromatic carbocycles. The van der Waals surface area contributed by atoms with Crippen LogP contribution in [-0.4, -0.2) is 29.3 Å². The number of hydrogen-bond acceptors (Lipinski definition) is 2. The molecule has 0 bridgehead atoms. The first-order valence-electron chi connectivity index (χ1n) is 7.03. The first-order valence-corrected chi connectivity index (χ1v) is 7.03. The molecule has 5 heteroatoms. The third-order valence-corrected chi connectivity index (χ3v) is 3.39. The second-order valence-electron chi connectivity index (χ2n) is 4.83. The summed E-state index contributed by atoms with van der Waals surface area (Å²) in [6.45, 7) is 8.08. The van der Waals surface area contributed by atoms with Crippen LogP contribution < -0.4 is 10.6 Å². The van der Waals surface area contributed by atoms with Gasteiger partial charge >= 0.3 is 0 Å². The first kappa shape index (κ1) is 15.5. The number of hydrogen-bond donors (Lipinski definition) is 2. The number of nitrogens with one attached hydrogen (secondary N) is 2. The molecule has 0 saturated heterocycles. The molecular weight excluding hydrogens is 238 g/mol. The van der Waals surface area contributed by atoms with E-state index in [1.807, 2.05) is 18.7 Å². The molecule has 19 heavy (non-hydrogen) atoms. The Morgan fingerprint density at radius 3 is 2.53 bits per heavy atom. The lowest BCUT2D eigenvalue weighted by atomic mass is 10.2. The number of guanidine groups is 1. The van der Waals surface area contributed by atoms with Crippen molar-refractivity contribution in [3.63, 3.8) is 0 Å². The topological polar surface area (TPSA) is 54.2 Å². The maximum atomic E-state index is 4.42. The summed E-state index contributed by atoms with van der Waals surface area (Å²) in [6, 6.07) is 0. The highest BCUT2D eigenvalue weighted by Crippen LogP contribution is 2.10. The largest absolute Gasteiger partial charge is 0.356 e. The van der Waals surface area contributed by atoms with Crippen molar-refractivity contribution < 1.29 is 0 Å². The molecule has 1 rings (SSSR count). The van der Waals surface area contributed by atoms with E-state index in [0.29, 0.717) is 0 Å². The van der Waals surface area contributed by atoms with Gasteiger partial charge in [0.1, 0.15) is 0 Å². The SMILES string of the molecule is CCCCCNC(=NC)NCc1c(C)nn(C)c1C. The van der Waals surface area contributed by atoms with Gasteiger partial charge in [0.05, 0.1) is 5.69 Å². The highest BCUT2D eigenvalue weighted by atomic mass is 15.3. The Kier molecular flexibility index (Phi) is 6.39. The molecule has 0 fully saturated rings. The average molecular weight is 265 g/mol. The van der Waals surface area contributed by atoms with Crippen molar-refractivity contribution in [1.29, 1.82) is 0 Å². The fourth-order valence-corrected chi connectivity index (χ4v) is 2.05. The van der Waals surface area contributed by atoms with Gasteiger partial charge in [0, 0.05) is 38.4 Å². The lowest BCUT2D eigenvalue weighted by molar-refractivity contribution is 0.682. The number of unbranched alkanes of at least 4 members (excludes halogenated alkanes) is 2.